The Morgan fingerprint density at radius 1 is 1.50 bits per heavy atom. The molecule has 0 amide bonds. The Labute approximate surface area is 121 Å². The van der Waals surface area contributed by atoms with Gasteiger partial charge in [0.25, 0.3) is 0 Å². The molecule has 9 heteroatoms. The van der Waals surface area contributed by atoms with Crippen molar-refractivity contribution in [3.8, 4) is 0 Å². The number of nitrogens with zero attached hydrogens (tertiary/aromatic N) is 2. The summed E-state index contributed by atoms with van der Waals surface area (Å²) in [6.07, 6.45) is 1.18. The summed E-state index contributed by atoms with van der Waals surface area (Å²) in [5.74, 6) is -1.76. The average molecular weight is 320 g/mol. The predicted molar refractivity (Wildman–Crippen MR) is 75.2 cm³/mol. The van der Waals surface area contributed by atoms with Crippen molar-refractivity contribution in [2.24, 2.45) is 0 Å². The van der Waals surface area contributed by atoms with Crippen LogP contribution in [0.3, 0.4) is 0 Å². The Hall–Kier alpha value is -1.67. The number of carbonyl (C=O) groups is 1. The Morgan fingerprint density at radius 2 is 2.15 bits per heavy atom. The lowest BCUT2D eigenvalue weighted by Crippen LogP contribution is -2.17. The fourth-order valence-electron chi connectivity index (χ4n) is 1.39. The fourth-order valence-corrected chi connectivity index (χ4v) is 2.89. The number of rotatable bonds is 6. The molecule has 7 nitrogen and oxygen atoms in total. The maximum absolute atomic E-state index is 11.8. The minimum Gasteiger partial charge on any atom is -0.477 e. The van der Waals surface area contributed by atoms with E-state index in [1.54, 1.807) is 13.8 Å². The molecule has 0 fully saturated rings. The molecule has 0 aliphatic carbocycles. The van der Waals surface area contributed by atoms with Crippen LogP contribution in [-0.4, -0.2) is 35.2 Å². The van der Waals surface area contributed by atoms with Crippen LogP contribution in [0.4, 0.5) is 5.95 Å². The number of hydrogen-bond donors (Lipinski definition) is 2. The zero-order chi connectivity index (χ0) is 15.3. The molecule has 0 spiro atoms. The second kappa shape index (κ2) is 6.67. The van der Waals surface area contributed by atoms with Gasteiger partial charge in [0.15, 0.2) is 14.7 Å². The van der Waals surface area contributed by atoms with Crippen LogP contribution in [-0.2, 0) is 14.6 Å². The molecule has 0 aliphatic rings. The van der Waals surface area contributed by atoms with Crippen LogP contribution in [0, 0.1) is 6.92 Å². The van der Waals surface area contributed by atoms with E-state index in [1.807, 2.05) is 0 Å². The molecular formula is C11H14ClN3O4S. The molecule has 2 N–H and O–H groups in total. The molecule has 1 aromatic heterocycles. The predicted octanol–water partition coefficient (Wildman–Crippen LogP) is 1.60. The van der Waals surface area contributed by atoms with E-state index in [2.05, 4.69) is 15.3 Å². The number of carboxylic acid groups (broad SMARTS) is 1. The van der Waals surface area contributed by atoms with Crippen molar-refractivity contribution in [3.05, 3.63) is 28.0 Å². The molecule has 0 radical (unpaired) electrons. The van der Waals surface area contributed by atoms with E-state index in [0.29, 0.717) is 12.1 Å². The van der Waals surface area contributed by atoms with Crippen LogP contribution in [0.2, 0.25) is 5.15 Å². The number of aryl methyl sites for hydroxylation is 1. The second-order valence-corrected chi connectivity index (χ2v) is 6.40. The quantitative estimate of drug-likeness (QED) is 0.605. The molecule has 110 valence electrons. The smallest absolute Gasteiger partial charge is 0.348 e. The Balaban J connectivity index is 3.08. The highest BCUT2D eigenvalue weighted by Gasteiger charge is 2.23. The first-order chi connectivity index (χ1) is 9.26. The molecule has 0 unspecified atom stereocenters. The third-order valence-corrected chi connectivity index (χ3v) is 4.28. The van der Waals surface area contributed by atoms with Gasteiger partial charge in [-0.25, -0.2) is 23.2 Å². The number of aliphatic carboxylic acids is 1. The van der Waals surface area contributed by atoms with Crippen molar-refractivity contribution < 1.29 is 18.3 Å². The summed E-state index contributed by atoms with van der Waals surface area (Å²) in [6.45, 7) is 3.32. The van der Waals surface area contributed by atoms with Crippen LogP contribution < -0.4 is 5.32 Å². The van der Waals surface area contributed by atoms with Gasteiger partial charge in [-0.1, -0.05) is 18.5 Å². The zero-order valence-electron chi connectivity index (χ0n) is 10.9. The van der Waals surface area contributed by atoms with E-state index in [0.717, 1.165) is 6.20 Å². The van der Waals surface area contributed by atoms with E-state index in [1.165, 1.54) is 6.07 Å². The number of halogens is 1. The van der Waals surface area contributed by atoms with Crippen molar-refractivity contribution in [2.45, 2.75) is 20.3 Å². The Bertz CT molecular complexity index is 623. The van der Waals surface area contributed by atoms with Crippen LogP contribution in [0.1, 0.15) is 19.0 Å². The van der Waals surface area contributed by atoms with Gasteiger partial charge in [0.2, 0.25) is 5.95 Å². The first kappa shape index (κ1) is 16.4. The highest BCUT2D eigenvalue weighted by molar-refractivity contribution is 7.96. The van der Waals surface area contributed by atoms with Gasteiger partial charge in [-0.15, -0.1) is 0 Å². The molecule has 0 aromatic carbocycles. The largest absolute Gasteiger partial charge is 0.477 e. The summed E-state index contributed by atoms with van der Waals surface area (Å²) in [5, 5.41) is 11.6. The van der Waals surface area contributed by atoms with E-state index in [4.69, 9.17) is 16.7 Å². The van der Waals surface area contributed by atoms with Crippen molar-refractivity contribution in [1.29, 1.82) is 0 Å². The summed E-state index contributed by atoms with van der Waals surface area (Å²) >= 11 is 5.72. The van der Waals surface area contributed by atoms with Gasteiger partial charge < -0.3 is 10.4 Å². The summed E-state index contributed by atoms with van der Waals surface area (Å²) in [6, 6.07) is 1.52. The zero-order valence-corrected chi connectivity index (χ0v) is 12.5. The van der Waals surface area contributed by atoms with Gasteiger partial charge in [-0.2, -0.15) is 0 Å². The highest BCUT2D eigenvalue weighted by Crippen LogP contribution is 2.12. The molecule has 0 aliphatic heterocycles. The van der Waals surface area contributed by atoms with E-state index in [9.17, 15) is 13.2 Å². The monoisotopic (exact) mass is 319 g/mol. The maximum atomic E-state index is 11.8. The number of aromatic nitrogens is 2. The van der Waals surface area contributed by atoms with Crippen LogP contribution in [0.25, 0.3) is 0 Å². The number of anilines is 1. The molecule has 0 saturated carbocycles. The minimum absolute atomic E-state index is 0.0282. The summed E-state index contributed by atoms with van der Waals surface area (Å²) in [4.78, 5) is 18.0. The van der Waals surface area contributed by atoms with Crippen LogP contribution in [0.5, 0.6) is 0 Å². The van der Waals surface area contributed by atoms with E-state index < -0.39 is 20.7 Å². The standard InChI is InChI=1S/C11H14ClN3O4S/c1-3-4-20(18,19)8(10(16)17)6-13-11-14-7(2)5-9(12)15-11/h5-6H,3-4H2,1-2H3,(H,16,17)(H,13,14,15)/b8-6+. The molecule has 20 heavy (non-hydrogen) atoms. The van der Waals surface area contributed by atoms with Crippen molar-refractivity contribution in [2.75, 3.05) is 11.1 Å². The van der Waals surface area contributed by atoms with Crippen LogP contribution in [0.15, 0.2) is 17.2 Å². The SMILES string of the molecule is CCCS(=O)(=O)/C(=C/Nc1nc(C)cc(Cl)n1)C(=O)O. The van der Waals surface area contributed by atoms with Gasteiger partial charge in [-0.3, -0.25) is 0 Å². The Kier molecular flexibility index (Phi) is 5.46. The van der Waals surface area contributed by atoms with Crippen molar-refractivity contribution in [1.82, 2.24) is 9.97 Å². The molecular weight excluding hydrogens is 306 g/mol. The summed E-state index contributed by atoms with van der Waals surface area (Å²) in [7, 11) is -3.85. The molecule has 1 heterocycles. The third-order valence-electron chi connectivity index (χ3n) is 2.17. The lowest BCUT2D eigenvalue weighted by atomic mass is 10.5. The van der Waals surface area contributed by atoms with Crippen molar-refractivity contribution in [3.63, 3.8) is 0 Å². The summed E-state index contributed by atoms with van der Waals surface area (Å²) < 4.78 is 23.5. The van der Waals surface area contributed by atoms with Gasteiger partial charge >= 0.3 is 5.97 Å². The molecule has 1 aromatic rings. The second-order valence-electron chi connectivity index (χ2n) is 3.93. The lowest BCUT2D eigenvalue weighted by Gasteiger charge is -2.05. The van der Waals surface area contributed by atoms with E-state index in [-0.39, 0.29) is 16.9 Å². The topological polar surface area (TPSA) is 109 Å². The summed E-state index contributed by atoms with van der Waals surface area (Å²) in [5.41, 5.74) is 0.564. The number of hydrogen-bond acceptors (Lipinski definition) is 6. The van der Waals surface area contributed by atoms with Gasteiger partial charge in [0.05, 0.1) is 5.75 Å². The van der Waals surface area contributed by atoms with Gasteiger partial charge in [0, 0.05) is 11.9 Å². The number of sulfone groups is 1. The molecule has 1 rings (SSSR count). The maximum Gasteiger partial charge on any atom is 0.348 e. The highest BCUT2D eigenvalue weighted by atomic mass is 35.5. The molecule has 0 atom stereocenters. The Morgan fingerprint density at radius 3 is 2.65 bits per heavy atom. The lowest BCUT2D eigenvalue weighted by molar-refractivity contribution is -0.131. The normalized spacial score (nSPS) is 12.2. The van der Waals surface area contributed by atoms with Crippen LogP contribution >= 0.6 is 11.6 Å². The van der Waals surface area contributed by atoms with Gasteiger partial charge in [0.1, 0.15) is 5.15 Å². The van der Waals surface area contributed by atoms with Crippen molar-refractivity contribution >= 4 is 33.4 Å². The molecule has 0 bridgehead atoms. The minimum atomic E-state index is -3.85. The number of carboxylic acids is 1. The fraction of sp³-hybridized carbons (Fsp3) is 0.364. The average Bonchev–Trinajstić information content (AvgIpc) is 2.26. The molecule has 0 saturated heterocycles. The first-order valence-electron chi connectivity index (χ1n) is 5.70. The third kappa shape index (κ3) is 4.46. The number of nitrogens with one attached hydrogen (secondary N) is 1. The van der Waals surface area contributed by atoms with Gasteiger partial charge in [-0.05, 0) is 19.4 Å². The first-order valence-corrected chi connectivity index (χ1v) is 7.73. The van der Waals surface area contributed by atoms with E-state index >= 15 is 0 Å².